The zero-order valence-corrected chi connectivity index (χ0v) is 18.3. The number of ether oxygens (including phenoxy) is 1. The van der Waals surface area contributed by atoms with Gasteiger partial charge in [0.25, 0.3) is 5.91 Å². The third-order valence-corrected chi connectivity index (χ3v) is 6.15. The molecule has 1 unspecified atom stereocenters. The SMILES string of the molecule is CC(Nc1ncc(C(=O)N2CCCC2)c(CCNC2CCOCC2)n1)c1ccccc1. The summed E-state index contributed by atoms with van der Waals surface area (Å²) in [4.78, 5) is 24.3. The minimum atomic E-state index is 0.0567. The molecule has 0 spiro atoms. The fourth-order valence-electron chi connectivity index (χ4n) is 4.26. The lowest BCUT2D eigenvalue weighted by Crippen LogP contribution is -2.36. The van der Waals surface area contributed by atoms with Gasteiger partial charge in [-0.2, -0.15) is 0 Å². The lowest BCUT2D eigenvalue weighted by atomic mass is 10.1. The van der Waals surface area contributed by atoms with Gasteiger partial charge in [-0.25, -0.2) is 9.97 Å². The Morgan fingerprint density at radius 1 is 1.19 bits per heavy atom. The topological polar surface area (TPSA) is 79.4 Å². The van der Waals surface area contributed by atoms with E-state index >= 15 is 0 Å². The summed E-state index contributed by atoms with van der Waals surface area (Å²) in [6.45, 7) is 6.15. The van der Waals surface area contributed by atoms with Crippen molar-refractivity contribution in [3.8, 4) is 0 Å². The zero-order valence-electron chi connectivity index (χ0n) is 18.3. The smallest absolute Gasteiger partial charge is 0.257 e. The highest BCUT2D eigenvalue weighted by molar-refractivity contribution is 5.95. The molecule has 3 heterocycles. The third-order valence-electron chi connectivity index (χ3n) is 6.15. The molecule has 7 nitrogen and oxygen atoms in total. The van der Waals surface area contributed by atoms with Crippen LogP contribution in [0.25, 0.3) is 0 Å². The lowest BCUT2D eigenvalue weighted by molar-refractivity contribution is 0.0781. The number of amides is 1. The van der Waals surface area contributed by atoms with Crippen LogP contribution >= 0.6 is 0 Å². The molecule has 1 aromatic heterocycles. The normalized spacial score (nSPS) is 18.2. The second-order valence-electron chi connectivity index (χ2n) is 8.42. The molecule has 0 bridgehead atoms. The summed E-state index contributed by atoms with van der Waals surface area (Å²) >= 11 is 0. The van der Waals surface area contributed by atoms with Gasteiger partial charge in [0, 0.05) is 51.5 Å². The quantitative estimate of drug-likeness (QED) is 0.679. The van der Waals surface area contributed by atoms with E-state index in [4.69, 9.17) is 9.72 Å². The number of likely N-dealkylation sites (tertiary alicyclic amines) is 1. The molecule has 2 saturated heterocycles. The number of hydrogen-bond acceptors (Lipinski definition) is 6. The summed E-state index contributed by atoms with van der Waals surface area (Å²) in [5, 5.41) is 7.00. The van der Waals surface area contributed by atoms with Crippen LogP contribution < -0.4 is 10.6 Å². The monoisotopic (exact) mass is 423 g/mol. The molecule has 0 radical (unpaired) electrons. The number of hydrogen-bond donors (Lipinski definition) is 2. The summed E-state index contributed by atoms with van der Waals surface area (Å²) in [5.41, 5.74) is 2.62. The number of rotatable bonds is 8. The second kappa shape index (κ2) is 10.7. The molecule has 2 aliphatic heterocycles. The maximum atomic E-state index is 13.1. The highest BCUT2D eigenvalue weighted by Gasteiger charge is 2.24. The van der Waals surface area contributed by atoms with Crippen LogP contribution in [0.1, 0.15) is 60.3 Å². The van der Waals surface area contributed by atoms with E-state index in [2.05, 4.69) is 34.7 Å². The van der Waals surface area contributed by atoms with Crippen LogP contribution in [0.2, 0.25) is 0 Å². The summed E-state index contributed by atoms with van der Waals surface area (Å²) < 4.78 is 5.44. The molecule has 0 saturated carbocycles. The number of nitrogens with one attached hydrogen (secondary N) is 2. The number of carbonyl (C=O) groups excluding carboxylic acids is 1. The average molecular weight is 424 g/mol. The van der Waals surface area contributed by atoms with Gasteiger partial charge in [0.15, 0.2) is 0 Å². The number of anilines is 1. The minimum absolute atomic E-state index is 0.0567. The standard InChI is InChI=1S/C24H33N5O2/c1-18(19-7-3-2-4-8-19)27-24-26-17-21(23(30)29-13-5-6-14-29)22(28-24)9-12-25-20-10-15-31-16-11-20/h2-4,7-8,17-18,20,25H,5-6,9-16H2,1H3,(H,26,27,28). The molecule has 1 aromatic carbocycles. The van der Waals surface area contributed by atoms with E-state index in [9.17, 15) is 4.79 Å². The number of aromatic nitrogens is 2. The summed E-state index contributed by atoms with van der Waals surface area (Å²) in [7, 11) is 0. The van der Waals surface area contributed by atoms with E-state index in [0.29, 0.717) is 24.0 Å². The number of carbonyl (C=O) groups is 1. The number of benzene rings is 1. The molecular weight excluding hydrogens is 390 g/mol. The minimum Gasteiger partial charge on any atom is -0.381 e. The zero-order chi connectivity index (χ0) is 21.5. The van der Waals surface area contributed by atoms with Crippen LogP contribution in [0, 0.1) is 0 Å². The first-order valence-corrected chi connectivity index (χ1v) is 11.5. The molecule has 1 atom stereocenters. The molecule has 1 amide bonds. The van der Waals surface area contributed by atoms with Gasteiger partial charge < -0.3 is 20.3 Å². The van der Waals surface area contributed by atoms with Gasteiger partial charge >= 0.3 is 0 Å². The van der Waals surface area contributed by atoms with Gasteiger partial charge in [0.05, 0.1) is 17.3 Å². The van der Waals surface area contributed by atoms with Crippen molar-refractivity contribution in [3.63, 3.8) is 0 Å². The molecule has 2 aromatic rings. The Labute approximate surface area is 184 Å². The number of nitrogens with zero attached hydrogens (tertiary/aromatic N) is 3. The van der Waals surface area contributed by atoms with E-state index in [1.807, 2.05) is 23.1 Å². The Hall–Kier alpha value is -2.51. The largest absolute Gasteiger partial charge is 0.381 e. The molecular formula is C24H33N5O2. The average Bonchev–Trinajstić information content (AvgIpc) is 3.35. The van der Waals surface area contributed by atoms with E-state index in [-0.39, 0.29) is 11.9 Å². The third kappa shape index (κ3) is 5.80. The molecule has 2 N–H and O–H groups in total. The molecule has 166 valence electrons. The van der Waals surface area contributed by atoms with Crippen LogP contribution in [-0.2, 0) is 11.2 Å². The predicted octanol–water partition coefficient (Wildman–Crippen LogP) is 3.20. The van der Waals surface area contributed by atoms with Crippen molar-refractivity contribution in [1.29, 1.82) is 0 Å². The van der Waals surface area contributed by atoms with Crippen LogP contribution in [0.4, 0.5) is 5.95 Å². The van der Waals surface area contributed by atoms with Crippen molar-refractivity contribution >= 4 is 11.9 Å². The Bertz CT molecular complexity index is 848. The summed E-state index contributed by atoms with van der Waals surface area (Å²) in [6.07, 6.45) is 6.61. The van der Waals surface area contributed by atoms with Crippen LogP contribution in [0.5, 0.6) is 0 Å². The Morgan fingerprint density at radius 2 is 1.94 bits per heavy atom. The van der Waals surface area contributed by atoms with Crippen LogP contribution in [-0.4, -0.2) is 59.7 Å². The van der Waals surface area contributed by atoms with E-state index in [1.54, 1.807) is 6.20 Å². The van der Waals surface area contributed by atoms with Gasteiger partial charge in [-0.3, -0.25) is 4.79 Å². The fourth-order valence-corrected chi connectivity index (χ4v) is 4.26. The van der Waals surface area contributed by atoms with Crippen molar-refractivity contribution in [1.82, 2.24) is 20.2 Å². The van der Waals surface area contributed by atoms with Crippen molar-refractivity contribution < 1.29 is 9.53 Å². The Kier molecular flexibility index (Phi) is 7.48. The molecule has 2 aliphatic rings. The molecule has 7 heteroatoms. The fraction of sp³-hybridized carbons (Fsp3) is 0.542. The van der Waals surface area contributed by atoms with E-state index in [1.165, 1.54) is 5.56 Å². The summed E-state index contributed by atoms with van der Waals surface area (Å²) in [5.74, 6) is 0.622. The first-order valence-electron chi connectivity index (χ1n) is 11.5. The maximum absolute atomic E-state index is 13.1. The highest BCUT2D eigenvalue weighted by Crippen LogP contribution is 2.20. The van der Waals surface area contributed by atoms with E-state index < -0.39 is 0 Å². The maximum Gasteiger partial charge on any atom is 0.257 e. The van der Waals surface area contributed by atoms with Gasteiger partial charge in [-0.1, -0.05) is 30.3 Å². The van der Waals surface area contributed by atoms with Crippen LogP contribution in [0.15, 0.2) is 36.5 Å². The van der Waals surface area contributed by atoms with Gasteiger partial charge in [0.2, 0.25) is 5.95 Å². The molecule has 0 aliphatic carbocycles. The van der Waals surface area contributed by atoms with Gasteiger partial charge in [-0.15, -0.1) is 0 Å². The van der Waals surface area contributed by atoms with Crippen LogP contribution in [0.3, 0.4) is 0 Å². The van der Waals surface area contributed by atoms with Crippen molar-refractivity contribution in [2.24, 2.45) is 0 Å². The van der Waals surface area contributed by atoms with Crippen molar-refractivity contribution in [3.05, 3.63) is 53.3 Å². The Balaban J connectivity index is 1.47. The highest BCUT2D eigenvalue weighted by atomic mass is 16.5. The molecule has 4 rings (SSSR count). The van der Waals surface area contributed by atoms with Crippen molar-refractivity contribution in [2.45, 2.75) is 51.1 Å². The Morgan fingerprint density at radius 3 is 2.68 bits per heavy atom. The van der Waals surface area contributed by atoms with Gasteiger partial charge in [-0.05, 0) is 38.2 Å². The molecule has 31 heavy (non-hydrogen) atoms. The first-order chi connectivity index (χ1) is 15.2. The predicted molar refractivity (Wildman–Crippen MR) is 121 cm³/mol. The first kappa shape index (κ1) is 21.7. The van der Waals surface area contributed by atoms with E-state index in [0.717, 1.165) is 64.2 Å². The molecule has 2 fully saturated rings. The lowest BCUT2D eigenvalue weighted by Gasteiger charge is -2.23. The second-order valence-corrected chi connectivity index (χ2v) is 8.42. The van der Waals surface area contributed by atoms with Gasteiger partial charge in [0.1, 0.15) is 0 Å². The summed E-state index contributed by atoms with van der Waals surface area (Å²) in [6, 6.07) is 10.8. The van der Waals surface area contributed by atoms with Crippen molar-refractivity contribution in [2.75, 3.05) is 38.2 Å².